The van der Waals surface area contributed by atoms with E-state index in [1.807, 2.05) is 0 Å². The standard InChI is InChI=1S/C17H26N2/c1-2-5-15-7-9-16(10-8-15)19-13-12-18-11-4-3-6-17(18)14-19/h7-10,17H,2-6,11-14H2,1H3. The van der Waals surface area contributed by atoms with E-state index in [9.17, 15) is 0 Å². The van der Waals surface area contributed by atoms with Crippen molar-refractivity contribution in [3.05, 3.63) is 29.8 Å². The van der Waals surface area contributed by atoms with E-state index in [-0.39, 0.29) is 0 Å². The molecule has 0 saturated carbocycles. The highest BCUT2D eigenvalue weighted by molar-refractivity contribution is 5.48. The Morgan fingerprint density at radius 3 is 2.68 bits per heavy atom. The van der Waals surface area contributed by atoms with Crippen molar-refractivity contribution in [3.8, 4) is 0 Å². The summed E-state index contributed by atoms with van der Waals surface area (Å²) in [5.74, 6) is 0. The first-order valence-corrected chi connectivity index (χ1v) is 7.95. The highest BCUT2D eigenvalue weighted by atomic mass is 15.3. The van der Waals surface area contributed by atoms with Gasteiger partial charge in [0.05, 0.1) is 0 Å². The molecule has 2 heteroatoms. The summed E-state index contributed by atoms with van der Waals surface area (Å²) in [6.07, 6.45) is 6.66. The molecule has 3 rings (SSSR count). The topological polar surface area (TPSA) is 6.48 Å². The van der Waals surface area contributed by atoms with Crippen molar-refractivity contribution in [1.29, 1.82) is 0 Å². The van der Waals surface area contributed by atoms with Crippen LogP contribution in [0.5, 0.6) is 0 Å². The number of benzene rings is 1. The van der Waals surface area contributed by atoms with E-state index in [1.54, 1.807) is 0 Å². The third-order valence-corrected chi connectivity index (χ3v) is 4.68. The number of aryl methyl sites for hydroxylation is 1. The van der Waals surface area contributed by atoms with Gasteiger partial charge < -0.3 is 4.90 Å². The lowest BCUT2D eigenvalue weighted by Gasteiger charge is -2.45. The lowest BCUT2D eigenvalue weighted by molar-refractivity contribution is 0.133. The van der Waals surface area contributed by atoms with Crippen molar-refractivity contribution in [2.45, 2.75) is 45.1 Å². The van der Waals surface area contributed by atoms with Crippen molar-refractivity contribution in [1.82, 2.24) is 4.90 Å². The van der Waals surface area contributed by atoms with Gasteiger partial charge in [-0.2, -0.15) is 0 Å². The van der Waals surface area contributed by atoms with Crippen LogP contribution in [0.1, 0.15) is 38.2 Å². The quantitative estimate of drug-likeness (QED) is 0.820. The molecule has 0 radical (unpaired) electrons. The number of nitrogens with zero attached hydrogens (tertiary/aromatic N) is 2. The first kappa shape index (κ1) is 13.0. The van der Waals surface area contributed by atoms with E-state index in [4.69, 9.17) is 0 Å². The minimum Gasteiger partial charge on any atom is -0.369 e. The van der Waals surface area contributed by atoms with Crippen LogP contribution in [-0.4, -0.2) is 37.1 Å². The summed E-state index contributed by atoms with van der Waals surface area (Å²) in [4.78, 5) is 5.29. The SMILES string of the molecule is CCCc1ccc(N2CCN3CCCCC3C2)cc1. The second-order valence-corrected chi connectivity index (χ2v) is 6.05. The Balaban J connectivity index is 1.65. The monoisotopic (exact) mass is 258 g/mol. The minimum atomic E-state index is 0.804. The smallest absolute Gasteiger partial charge is 0.0367 e. The molecular weight excluding hydrogens is 232 g/mol. The molecule has 1 aromatic carbocycles. The van der Waals surface area contributed by atoms with Crippen molar-refractivity contribution in [3.63, 3.8) is 0 Å². The average Bonchev–Trinajstić information content (AvgIpc) is 2.48. The maximum atomic E-state index is 2.70. The fraction of sp³-hybridized carbons (Fsp3) is 0.647. The predicted octanol–water partition coefficient (Wildman–Crippen LogP) is 3.31. The molecule has 19 heavy (non-hydrogen) atoms. The molecule has 2 fully saturated rings. The van der Waals surface area contributed by atoms with Gasteiger partial charge in [-0.3, -0.25) is 4.90 Å². The highest BCUT2D eigenvalue weighted by Crippen LogP contribution is 2.25. The molecule has 0 aromatic heterocycles. The molecule has 2 aliphatic rings. The summed E-state index contributed by atoms with van der Waals surface area (Å²) in [7, 11) is 0. The van der Waals surface area contributed by atoms with Crippen molar-refractivity contribution in [2.75, 3.05) is 31.1 Å². The maximum absolute atomic E-state index is 2.70. The van der Waals surface area contributed by atoms with E-state index >= 15 is 0 Å². The number of rotatable bonds is 3. The zero-order valence-corrected chi connectivity index (χ0v) is 12.1. The summed E-state index contributed by atoms with van der Waals surface area (Å²) in [6.45, 7) is 7.25. The summed E-state index contributed by atoms with van der Waals surface area (Å²) in [5, 5.41) is 0. The fourth-order valence-electron chi connectivity index (χ4n) is 3.55. The van der Waals surface area contributed by atoms with Crippen LogP contribution in [0.25, 0.3) is 0 Å². The number of hydrogen-bond acceptors (Lipinski definition) is 2. The largest absolute Gasteiger partial charge is 0.369 e. The predicted molar refractivity (Wildman–Crippen MR) is 81.9 cm³/mol. The zero-order chi connectivity index (χ0) is 13.1. The van der Waals surface area contributed by atoms with Gasteiger partial charge in [0.1, 0.15) is 0 Å². The summed E-state index contributed by atoms with van der Waals surface area (Å²) in [6, 6.07) is 10.1. The normalized spacial score (nSPS) is 24.3. The van der Waals surface area contributed by atoms with Gasteiger partial charge in [0.15, 0.2) is 0 Å². The molecule has 2 aliphatic heterocycles. The van der Waals surface area contributed by atoms with Gasteiger partial charge in [0.2, 0.25) is 0 Å². The summed E-state index contributed by atoms with van der Waals surface area (Å²) < 4.78 is 0. The van der Waals surface area contributed by atoms with Crippen LogP contribution in [0.4, 0.5) is 5.69 Å². The first-order chi connectivity index (χ1) is 9.36. The fourth-order valence-corrected chi connectivity index (χ4v) is 3.55. The first-order valence-electron chi connectivity index (χ1n) is 7.95. The Labute approximate surface area is 117 Å². The van der Waals surface area contributed by atoms with E-state index in [0.29, 0.717) is 0 Å². The average molecular weight is 258 g/mol. The van der Waals surface area contributed by atoms with Gasteiger partial charge in [0.25, 0.3) is 0 Å². The Kier molecular flexibility index (Phi) is 4.07. The second-order valence-electron chi connectivity index (χ2n) is 6.05. The number of anilines is 1. The van der Waals surface area contributed by atoms with E-state index < -0.39 is 0 Å². The summed E-state index contributed by atoms with van der Waals surface area (Å²) in [5.41, 5.74) is 2.90. The zero-order valence-electron chi connectivity index (χ0n) is 12.1. The van der Waals surface area contributed by atoms with Gasteiger partial charge in [-0.15, -0.1) is 0 Å². The van der Waals surface area contributed by atoms with Crippen LogP contribution >= 0.6 is 0 Å². The Hall–Kier alpha value is -1.02. The van der Waals surface area contributed by atoms with E-state index in [1.165, 1.54) is 69.5 Å². The third kappa shape index (κ3) is 2.94. The molecule has 0 spiro atoms. The second kappa shape index (κ2) is 5.96. The molecular formula is C17H26N2. The molecule has 0 bridgehead atoms. The van der Waals surface area contributed by atoms with Crippen LogP contribution in [0, 0.1) is 0 Å². The van der Waals surface area contributed by atoms with E-state index in [2.05, 4.69) is 41.0 Å². The Morgan fingerprint density at radius 1 is 1.05 bits per heavy atom. The lowest BCUT2D eigenvalue weighted by atomic mass is 9.99. The maximum Gasteiger partial charge on any atom is 0.0367 e. The minimum absolute atomic E-state index is 0.804. The number of piperazine rings is 1. The number of fused-ring (bicyclic) bond motifs is 1. The highest BCUT2D eigenvalue weighted by Gasteiger charge is 2.28. The molecule has 2 saturated heterocycles. The third-order valence-electron chi connectivity index (χ3n) is 4.68. The van der Waals surface area contributed by atoms with Gasteiger partial charge in [0, 0.05) is 31.4 Å². The van der Waals surface area contributed by atoms with E-state index in [0.717, 1.165) is 6.04 Å². The van der Waals surface area contributed by atoms with Crippen LogP contribution in [-0.2, 0) is 6.42 Å². The molecule has 2 nitrogen and oxygen atoms in total. The van der Waals surface area contributed by atoms with Crippen molar-refractivity contribution < 1.29 is 0 Å². The van der Waals surface area contributed by atoms with Crippen molar-refractivity contribution in [2.24, 2.45) is 0 Å². The molecule has 0 aliphatic carbocycles. The molecule has 1 atom stereocenters. The molecule has 1 unspecified atom stereocenters. The lowest BCUT2D eigenvalue weighted by Crippen LogP contribution is -2.54. The molecule has 1 aromatic rings. The molecule has 0 N–H and O–H groups in total. The molecule has 0 amide bonds. The Bertz CT molecular complexity index is 398. The van der Waals surface area contributed by atoms with Gasteiger partial charge in [-0.05, 0) is 43.5 Å². The van der Waals surface area contributed by atoms with Gasteiger partial charge in [-0.25, -0.2) is 0 Å². The van der Waals surface area contributed by atoms with Crippen LogP contribution < -0.4 is 4.90 Å². The molecule has 2 heterocycles. The van der Waals surface area contributed by atoms with Gasteiger partial charge in [-0.1, -0.05) is 31.9 Å². The number of piperidine rings is 1. The Morgan fingerprint density at radius 2 is 1.89 bits per heavy atom. The van der Waals surface area contributed by atoms with Crippen molar-refractivity contribution >= 4 is 5.69 Å². The molecule has 104 valence electrons. The van der Waals surface area contributed by atoms with Crippen LogP contribution in [0.2, 0.25) is 0 Å². The summed E-state index contributed by atoms with van der Waals surface area (Å²) >= 11 is 0. The number of hydrogen-bond donors (Lipinski definition) is 0. The van der Waals surface area contributed by atoms with Gasteiger partial charge >= 0.3 is 0 Å². The van der Waals surface area contributed by atoms with Crippen LogP contribution in [0.15, 0.2) is 24.3 Å². The van der Waals surface area contributed by atoms with Crippen LogP contribution in [0.3, 0.4) is 0 Å².